The van der Waals surface area contributed by atoms with Crippen LogP contribution in [-0.2, 0) is 9.59 Å². The van der Waals surface area contributed by atoms with E-state index in [4.69, 9.17) is 22.9 Å². The largest absolute Gasteiger partial charge is 0.369 e. The molecule has 4 rings (SSSR count). The molecule has 2 N–H and O–H groups in total. The number of aryl methyl sites for hydroxylation is 1. The second-order valence-electron chi connectivity index (χ2n) is 9.28. The standard InChI is InChI=1S/C25H30N4O2S2/c1-15(2)6-11-29-24(31)21(33-25(29)32)14-19-13-18-12-16(3)4-5-20(18)27-23(19)28-9-7-17(8-10-28)22(26)30/h4-5,12-15,17H,6-11H2,1-3H3,(H2,26,30)/b21-14-. The highest BCUT2D eigenvalue weighted by molar-refractivity contribution is 8.26. The van der Waals surface area contributed by atoms with Gasteiger partial charge in [0.05, 0.1) is 10.4 Å². The lowest BCUT2D eigenvalue weighted by Crippen LogP contribution is -2.39. The van der Waals surface area contributed by atoms with Gasteiger partial charge in [-0.15, -0.1) is 0 Å². The number of benzene rings is 1. The molecule has 2 aromatic rings. The number of anilines is 1. The molecule has 174 valence electrons. The van der Waals surface area contributed by atoms with E-state index in [0.717, 1.165) is 34.3 Å². The van der Waals surface area contributed by atoms with E-state index >= 15 is 0 Å². The molecule has 2 saturated heterocycles. The summed E-state index contributed by atoms with van der Waals surface area (Å²) in [4.78, 5) is 34.2. The van der Waals surface area contributed by atoms with Crippen LogP contribution in [0.2, 0.25) is 0 Å². The summed E-state index contributed by atoms with van der Waals surface area (Å²) in [7, 11) is 0. The zero-order valence-corrected chi connectivity index (χ0v) is 21.0. The van der Waals surface area contributed by atoms with Crippen molar-refractivity contribution in [1.82, 2.24) is 9.88 Å². The average Bonchev–Trinajstić information content (AvgIpc) is 3.04. The smallest absolute Gasteiger partial charge is 0.266 e. The molecule has 0 spiro atoms. The maximum atomic E-state index is 13.1. The van der Waals surface area contributed by atoms with E-state index in [-0.39, 0.29) is 17.7 Å². The molecule has 2 fully saturated rings. The average molecular weight is 483 g/mol. The van der Waals surface area contributed by atoms with Crippen LogP contribution in [0.1, 0.15) is 44.2 Å². The van der Waals surface area contributed by atoms with Gasteiger partial charge in [0, 0.05) is 36.5 Å². The van der Waals surface area contributed by atoms with Crippen molar-refractivity contribution >= 4 is 62.9 Å². The zero-order valence-electron chi connectivity index (χ0n) is 19.3. The molecule has 0 unspecified atom stereocenters. The normalized spacial score (nSPS) is 18.8. The number of aromatic nitrogens is 1. The maximum absolute atomic E-state index is 13.1. The fourth-order valence-electron chi connectivity index (χ4n) is 4.26. The number of hydrogen-bond acceptors (Lipinski definition) is 6. The summed E-state index contributed by atoms with van der Waals surface area (Å²) in [6.07, 6.45) is 4.26. The molecule has 2 amide bonds. The molecular formula is C25H30N4O2S2. The Morgan fingerprint density at radius 3 is 2.70 bits per heavy atom. The molecule has 0 atom stereocenters. The minimum atomic E-state index is -0.234. The zero-order chi connectivity index (χ0) is 23.7. The number of carbonyl (C=O) groups is 2. The number of primary amides is 1. The number of nitrogens with two attached hydrogens (primary N) is 1. The molecule has 0 saturated carbocycles. The number of nitrogens with zero attached hydrogens (tertiary/aromatic N) is 3. The van der Waals surface area contributed by atoms with Crippen molar-refractivity contribution in [2.24, 2.45) is 17.6 Å². The topological polar surface area (TPSA) is 79.5 Å². The van der Waals surface area contributed by atoms with Gasteiger partial charge in [-0.1, -0.05) is 49.5 Å². The number of fused-ring (bicyclic) bond motifs is 1. The number of carbonyl (C=O) groups excluding carboxylic acids is 2. The van der Waals surface area contributed by atoms with E-state index in [0.29, 0.717) is 47.6 Å². The van der Waals surface area contributed by atoms with Gasteiger partial charge in [-0.25, -0.2) is 4.98 Å². The van der Waals surface area contributed by atoms with Crippen LogP contribution < -0.4 is 10.6 Å². The quantitative estimate of drug-likeness (QED) is 0.483. The molecule has 0 aliphatic carbocycles. The van der Waals surface area contributed by atoms with E-state index in [1.54, 1.807) is 4.90 Å². The number of rotatable bonds is 6. The summed E-state index contributed by atoms with van der Waals surface area (Å²) in [6.45, 7) is 8.39. The molecule has 1 aromatic heterocycles. The molecule has 2 aliphatic heterocycles. The number of pyridine rings is 1. The van der Waals surface area contributed by atoms with Crippen LogP contribution in [0.4, 0.5) is 5.82 Å². The fraction of sp³-hybridized carbons (Fsp3) is 0.440. The monoisotopic (exact) mass is 482 g/mol. The molecule has 3 heterocycles. The van der Waals surface area contributed by atoms with Gasteiger partial charge in [0.25, 0.3) is 5.91 Å². The molecule has 33 heavy (non-hydrogen) atoms. The van der Waals surface area contributed by atoms with Gasteiger partial charge >= 0.3 is 0 Å². The summed E-state index contributed by atoms with van der Waals surface area (Å²) in [5, 5.41) is 1.03. The van der Waals surface area contributed by atoms with Gasteiger partial charge in [-0.05, 0) is 56.4 Å². The van der Waals surface area contributed by atoms with Gasteiger partial charge in [-0.2, -0.15) is 0 Å². The molecule has 0 bridgehead atoms. The van der Waals surface area contributed by atoms with Crippen molar-refractivity contribution in [2.45, 2.75) is 40.0 Å². The predicted molar refractivity (Wildman–Crippen MR) is 140 cm³/mol. The summed E-state index contributed by atoms with van der Waals surface area (Å²) in [5.74, 6) is 0.975. The Morgan fingerprint density at radius 2 is 2.03 bits per heavy atom. The SMILES string of the molecule is Cc1ccc2nc(N3CCC(C(N)=O)CC3)c(/C=C3\SC(=S)N(CCC(C)C)C3=O)cc2c1. The van der Waals surface area contributed by atoms with Crippen LogP contribution in [0.15, 0.2) is 29.2 Å². The van der Waals surface area contributed by atoms with Gasteiger partial charge in [0.1, 0.15) is 10.1 Å². The van der Waals surface area contributed by atoms with Crippen LogP contribution in [0.5, 0.6) is 0 Å². The predicted octanol–water partition coefficient (Wildman–Crippen LogP) is 4.49. The Bertz CT molecular complexity index is 1140. The highest BCUT2D eigenvalue weighted by Gasteiger charge is 2.32. The Balaban J connectivity index is 1.70. The van der Waals surface area contributed by atoms with Gasteiger partial charge < -0.3 is 10.6 Å². The van der Waals surface area contributed by atoms with E-state index < -0.39 is 0 Å². The lowest BCUT2D eigenvalue weighted by molar-refractivity contribution is -0.123. The van der Waals surface area contributed by atoms with E-state index in [9.17, 15) is 9.59 Å². The Hall–Kier alpha value is -2.45. The third-order valence-electron chi connectivity index (χ3n) is 6.27. The molecule has 2 aliphatic rings. The van der Waals surface area contributed by atoms with E-state index in [1.165, 1.54) is 11.8 Å². The summed E-state index contributed by atoms with van der Waals surface area (Å²) in [6, 6.07) is 8.29. The van der Waals surface area contributed by atoms with Crippen molar-refractivity contribution in [3.63, 3.8) is 0 Å². The highest BCUT2D eigenvalue weighted by atomic mass is 32.2. The van der Waals surface area contributed by atoms with Crippen molar-refractivity contribution < 1.29 is 9.59 Å². The first-order valence-corrected chi connectivity index (χ1v) is 12.7. The minimum Gasteiger partial charge on any atom is -0.369 e. The van der Waals surface area contributed by atoms with Crippen LogP contribution in [0.3, 0.4) is 0 Å². The number of amides is 2. The second kappa shape index (κ2) is 9.81. The first-order chi connectivity index (χ1) is 15.7. The van der Waals surface area contributed by atoms with Crippen LogP contribution in [0.25, 0.3) is 17.0 Å². The first kappa shape index (κ1) is 23.7. The molecule has 8 heteroatoms. The molecule has 6 nitrogen and oxygen atoms in total. The number of piperidine rings is 1. The van der Waals surface area contributed by atoms with Crippen LogP contribution in [0, 0.1) is 18.8 Å². The first-order valence-electron chi connectivity index (χ1n) is 11.4. The Morgan fingerprint density at radius 1 is 1.30 bits per heavy atom. The summed E-state index contributed by atoms with van der Waals surface area (Å²) >= 11 is 6.87. The van der Waals surface area contributed by atoms with Gasteiger partial charge in [0.15, 0.2) is 0 Å². The molecular weight excluding hydrogens is 452 g/mol. The van der Waals surface area contributed by atoms with E-state index in [2.05, 4.69) is 43.9 Å². The second-order valence-corrected chi connectivity index (χ2v) is 11.0. The third-order valence-corrected chi connectivity index (χ3v) is 7.64. The number of thiocarbonyl (C=S) groups is 1. The fourth-order valence-corrected chi connectivity index (χ4v) is 5.56. The highest BCUT2D eigenvalue weighted by Crippen LogP contribution is 2.36. The Kier molecular flexibility index (Phi) is 7.05. The van der Waals surface area contributed by atoms with E-state index in [1.807, 2.05) is 12.1 Å². The van der Waals surface area contributed by atoms with Crippen molar-refractivity contribution in [1.29, 1.82) is 0 Å². The van der Waals surface area contributed by atoms with Crippen molar-refractivity contribution in [2.75, 3.05) is 24.5 Å². The van der Waals surface area contributed by atoms with Crippen LogP contribution >= 0.6 is 24.0 Å². The minimum absolute atomic E-state index is 0.0339. The summed E-state index contributed by atoms with van der Waals surface area (Å²) < 4.78 is 0.611. The third kappa shape index (κ3) is 5.22. The molecule has 0 radical (unpaired) electrons. The number of thioether (sulfide) groups is 1. The lowest BCUT2D eigenvalue weighted by atomic mass is 9.96. The number of hydrogen-bond donors (Lipinski definition) is 1. The lowest BCUT2D eigenvalue weighted by Gasteiger charge is -2.32. The molecule has 1 aromatic carbocycles. The van der Waals surface area contributed by atoms with Crippen molar-refractivity contribution in [3.05, 3.63) is 40.3 Å². The van der Waals surface area contributed by atoms with Gasteiger partial charge in [-0.3, -0.25) is 14.5 Å². The Labute approximate surface area is 204 Å². The van der Waals surface area contributed by atoms with Crippen molar-refractivity contribution in [3.8, 4) is 0 Å². The van der Waals surface area contributed by atoms with Gasteiger partial charge in [0.2, 0.25) is 5.91 Å². The summed E-state index contributed by atoms with van der Waals surface area (Å²) in [5.41, 5.74) is 8.49. The maximum Gasteiger partial charge on any atom is 0.266 e. The van der Waals surface area contributed by atoms with Crippen LogP contribution in [-0.4, -0.2) is 45.7 Å².